The highest BCUT2D eigenvalue weighted by Crippen LogP contribution is 2.28. The number of aliphatic hydroxyl groups is 1. The molecule has 1 N–H and O–H groups in total. The highest BCUT2D eigenvalue weighted by atomic mass is 127. The molecule has 0 amide bonds. The minimum atomic E-state index is -3.49. The first-order chi connectivity index (χ1) is 9.05. The molecule has 0 unspecified atom stereocenters. The van der Waals surface area contributed by atoms with Crippen molar-refractivity contribution in [3.8, 4) is 0 Å². The van der Waals surface area contributed by atoms with Gasteiger partial charge in [-0.1, -0.05) is 12.8 Å². The molecule has 1 aromatic rings. The summed E-state index contributed by atoms with van der Waals surface area (Å²) in [6.45, 7) is 0.0408. The first kappa shape index (κ1) is 15.2. The third-order valence-corrected chi connectivity index (χ3v) is 6.16. The van der Waals surface area contributed by atoms with Crippen LogP contribution in [0.1, 0.15) is 25.7 Å². The Labute approximate surface area is 128 Å². The lowest BCUT2D eigenvalue weighted by molar-refractivity contribution is 0.226. The van der Waals surface area contributed by atoms with E-state index in [1.54, 1.807) is 24.3 Å². The molecule has 1 saturated carbocycles. The van der Waals surface area contributed by atoms with Gasteiger partial charge in [-0.05, 0) is 59.7 Å². The van der Waals surface area contributed by atoms with Crippen molar-refractivity contribution >= 4 is 32.6 Å². The largest absolute Gasteiger partial charge is 0.395 e. The molecule has 0 aliphatic heterocycles. The molecule has 4 nitrogen and oxygen atoms in total. The van der Waals surface area contributed by atoms with Crippen LogP contribution in [0.3, 0.4) is 0 Å². The van der Waals surface area contributed by atoms with Gasteiger partial charge in [-0.3, -0.25) is 0 Å². The maximum atomic E-state index is 12.6. The molecule has 106 valence electrons. The van der Waals surface area contributed by atoms with Crippen LogP contribution >= 0.6 is 22.6 Å². The van der Waals surface area contributed by atoms with Crippen LogP contribution in [0.25, 0.3) is 0 Å². The van der Waals surface area contributed by atoms with Crippen molar-refractivity contribution in [2.45, 2.75) is 36.6 Å². The molecule has 1 aromatic carbocycles. The molecular formula is C13H18INO3S. The Morgan fingerprint density at radius 3 is 2.32 bits per heavy atom. The number of rotatable bonds is 5. The van der Waals surface area contributed by atoms with Gasteiger partial charge < -0.3 is 5.11 Å². The minimum absolute atomic E-state index is 0.0384. The third kappa shape index (κ3) is 3.48. The van der Waals surface area contributed by atoms with E-state index in [9.17, 15) is 8.42 Å². The SMILES string of the molecule is O=S(=O)(c1ccc(I)cc1)N(CCO)C1CCCC1. The van der Waals surface area contributed by atoms with Crippen LogP contribution in [-0.2, 0) is 10.0 Å². The molecule has 19 heavy (non-hydrogen) atoms. The van der Waals surface area contributed by atoms with Crippen molar-refractivity contribution < 1.29 is 13.5 Å². The second-order valence-corrected chi connectivity index (χ2v) is 7.87. The van der Waals surface area contributed by atoms with E-state index in [1.807, 2.05) is 0 Å². The predicted molar refractivity (Wildman–Crippen MR) is 82.4 cm³/mol. The summed E-state index contributed by atoms with van der Waals surface area (Å²) in [4.78, 5) is 0.313. The maximum Gasteiger partial charge on any atom is 0.243 e. The van der Waals surface area contributed by atoms with E-state index in [2.05, 4.69) is 22.6 Å². The number of hydrogen-bond donors (Lipinski definition) is 1. The average molecular weight is 395 g/mol. The lowest BCUT2D eigenvalue weighted by atomic mass is 10.2. The van der Waals surface area contributed by atoms with E-state index < -0.39 is 10.0 Å². The molecule has 6 heteroatoms. The molecular weight excluding hydrogens is 377 g/mol. The normalized spacial score (nSPS) is 17.2. The average Bonchev–Trinajstić information content (AvgIpc) is 2.89. The lowest BCUT2D eigenvalue weighted by Crippen LogP contribution is -2.40. The van der Waals surface area contributed by atoms with Gasteiger partial charge in [-0.25, -0.2) is 8.42 Å². The molecule has 0 atom stereocenters. The first-order valence-electron chi connectivity index (χ1n) is 6.44. The van der Waals surface area contributed by atoms with Gasteiger partial charge in [0.1, 0.15) is 0 Å². The van der Waals surface area contributed by atoms with Crippen molar-refractivity contribution in [2.24, 2.45) is 0 Å². The number of halogens is 1. The zero-order chi connectivity index (χ0) is 13.9. The summed E-state index contributed by atoms with van der Waals surface area (Å²) in [6, 6.07) is 6.89. The van der Waals surface area contributed by atoms with Gasteiger partial charge in [-0.15, -0.1) is 0 Å². The van der Waals surface area contributed by atoms with Gasteiger partial charge in [0.2, 0.25) is 10.0 Å². The summed E-state index contributed by atoms with van der Waals surface area (Å²) in [5.74, 6) is 0. The number of sulfonamides is 1. The Balaban J connectivity index is 2.30. The Hall–Kier alpha value is -0.180. The molecule has 0 bridgehead atoms. The number of aliphatic hydroxyl groups excluding tert-OH is 1. The molecule has 2 rings (SSSR count). The van der Waals surface area contributed by atoms with E-state index in [-0.39, 0.29) is 19.2 Å². The van der Waals surface area contributed by atoms with Gasteiger partial charge in [0.05, 0.1) is 11.5 Å². The monoisotopic (exact) mass is 395 g/mol. The van der Waals surface area contributed by atoms with Gasteiger partial charge in [0, 0.05) is 16.2 Å². The molecule has 0 radical (unpaired) electrons. The predicted octanol–water partition coefficient (Wildman–Crippen LogP) is 2.22. The van der Waals surface area contributed by atoms with E-state index in [1.165, 1.54) is 4.31 Å². The lowest BCUT2D eigenvalue weighted by Gasteiger charge is -2.27. The second-order valence-electron chi connectivity index (χ2n) is 4.73. The van der Waals surface area contributed by atoms with E-state index >= 15 is 0 Å². The quantitative estimate of drug-likeness (QED) is 0.778. The van der Waals surface area contributed by atoms with Crippen molar-refractivity contribution in [1.82, 2.24) is 4.31 Å². The van der Waals surface area contributed by atoms with E-state index in [0.29, 0.717) is 4.90 Å². The number of benzene rings is 1. The van der Waals surface area contributed by atoms with Crippen LogP contribution in [-0.4, -0.2) is 37.0 Å². The number of hydrogen-bond acceptors (Lipinski definition) is 3. The fourth-order valence-electron chi connectivity index (χ4n) is 2.53. The second kappa shape index (κ2) is 6.51. The van der Waals surface area contributed by atoms with Crippen molar-refractivity contribution in [3.05, 3.63) is 27.8 Å². The topological polar surface area (TPSA) is 57.6 Å². The van der Waals surface area contributed by atoms with Crippen molar-refractivity contribution in [1.29, 1.82) is 0 Å². The smallest absolute Gasteiger partial charge is 0.243 e. The Bertz CT molecular complexity index is 509. The van der Waals surface area contributed by atoms with Crippen LogP contribution in [0.4, 0.5) is 0 Å². The Morgan fingerprint density at radius 1 is 1.21 bits per heavy atom. The van der Waals surface area contributed by atoms with Crippen LogP contribution in [0.15, 0.2) is 29.2 Å². The minimum Gasteiger partial charge on any atom is -0.395 e. The van der Waals surface area contributed by atoms with Crippen LogP contribution in [0.2, 0.25) is 0 Å². The van der Waals surface area contributed by atoms with Gasteiger partial charge in [0.25, 0.3) is 0 Å². The highest BCUT2D eigenvalue weighted by molar-refractivity contribution is 14.1. The first-order valence-corrected chi connectivity index (χ1v) is 8.96. The standard InChI is InChI=1S/C13H18INO3S/c14-11-5-7-13(8-6-11)19(17,18)15(9-10-16)12-3-1-2-4-12/h5-8,12,16H,1-4,9-10H2. The summed E-state index contributed by atoms with van der Waals surface area (Å²) in [7, 11) is -3.49. The summed E-state index contributed by atoms with van der Waals surface area (Å²) in [6.07, 6.45) is 3.91. The van der Waals surface area contributed by atoms with Gasteiger partial charge in [0.15, 0.2) is 0 Å². The molecule has 1 aliphatic carbocycles. The Morgan fingerprint density at radius 2 is 1.79 bits per heavy atom. The van der Waals surface area contributed by atoms with Crippen molar-refractivity contribution in [3.63, 3.8) is 0 Å². The highest BCUT2D eigenvalue weighted by Gasteiger charge is 2.32. The zero-order valence-corrected chi connectivity index (χ0v) is 13.6. The van der Waals surface area contributed by atoms with Gasteiger partial charge >= 0.3 is 0 Å². The molecule has 0 saturated heterocycles. The maximum absolute atomic E-state index is 12.6. The summed E-state index contributed by atoms with van der Waals surface area (Å²) < 4.78 is 27.7. The molecule has 0 spiro atoms. The molecule has 0 heterocycles. The van der Waals surface area contributed by atoms with E-state index in [4.69, 9.17) is 5.11 Å². The van der Waals surface area contributed by atoms with Gasteiger partial charge in [-0.2, -0.15) is 4.31 Å². The van der Waals surface area contributed by atoms with Crippen LogP contribution in [0, 0.1) is 3.57 Å². The summed E-state index contributed by atoms with van der Waals surface area (Å²) >= 11 is 2.15. The summed E-state index contributed by atoms with van der Waals surface area (Å²) in [5.41, 5.74) is 0. The fourth-order valence-corrected chi connectivity index (χ4v) is 4.57. The van der Waals surface area contributed by atoms with Crippen LogP contribution < -0.4 is 0 Å². The molecule has 1 fully saturated rings. The fraction of sp³-hybridized carbons (Fsp3) is 0.538. The third-order valence-electron chi connectivity index (χ3n) is 3.47. The summed E-state index contributed by atoms with van der Waals surface area (Å²) in [5, 5.41) is 9.14. The van der Waals surface area contributed by atoms with E-state index in [0.717, 1.165) is 29.3 Å². The zero-order valence-electron chi connectivity index (χ0n) is 10.6. The Kier molecular flexibility index (Phi) is 5.22. The van der Waals surface area contributed by atoms with Crippen molar-refractivity contribution in [2.75, 3.05) is 13.2 Å². The number of nitrogens with zero attached hydrogens (tertiary/aromatic N) is 1. The molecule has 0 aromatic heterocycles. The van der Waals surface area contributed by atoms with Crippen LogP contribution in [0.5, 0.6) is 0 Å². The molecule has 1 aliphatic rings.